The summed E-state index contributed by atoms with van der Waals surface area (Å²) in [7, 11) is 0. The summed E-state index contributed by atoms with van der Waals surface area (Å²) in [6.07, 6.45) is -3.42. The van der Waals surface area contributed by atoms with Gasteiger partial charge < -0.3 is 15.5 Å². The Labute approximate surface area is 291 Å². The molecule has 262 valence electrons. The molecule has 0 aromatic heterocycles. The van der Waals surface area contributed by atoms with Crippen molar-refractivity contribution in [3.05, 3.63) is 105 Å². The quantitative estimate of drug-likeness (QED) is 0.0997. The average molecular weight is 726 g/mol. The topological polar surface area (TPSA) is 104 Å². The number of nitrogens with zero attached hydrogens (tertiary/aromatic N) is 2. The SMILES string of the molecule is CC(NC(=O)C(C#N)C(C)(C)C)c1ccc(Cl)cc1Cl.O=C(Cc1ccccc1)NC(=NOCC1CC1)c1c(C(F)(F)F)ccc(F)c1F. The van der Waals surface area contributed by atoms with Gasteiger partial charge >= 0.3 is 6.18 Å². The Balaban J connectivity index is 0.000000286. The van der Waals surface area contributed by atoms with Gasteiger partial charge in [0.2, 0.25) is 11.8 Å². The zero-order valence-electron chi connectivity index (χ0n) is 27.1. The molecule has 2 N–H and O–H groups in total. The fraction of sp³-hybridized carbons (Fsp3) is 0.371. The van der Waals surface area contributed by atoms with E-state index >= 15 is 0 Å². The van der Waals surface area contributed by atoms with Gasteiger partial charge in [-0.15, -0.1) is 0 Å². The van der Waals surface area contributed by atoms with Gasteiger partial charge in [0.25, 0.3) is 0 Å². The van der Waals surface area contributed by atoms with Gasteiger partial charge in [0, 0.05) is 10.0 Å². The molecule has 1 aliphatic carbocycles. The minimum atomic E-state index is -4.99. The highest BCUT2D eigenvalue weighted by molar-refractivity contribution is 6.35. The molecule has 0 aliphatic heterocycles. The lowest BCUT2D eigenvalue weighted by Crippen LogP contribution is -2.38. The van der Waals surface area contributed by atoms with E-state index in [2.05, 4.69) is 21.9 Å². The molecule has 3 aromatic rings. The Morgan fingerprint density at radius 3 is 2.24 bits per heavy atom. The fourth-order valence-electron chi connectivity index (χ4n) is 4.47. The Bertz CT molecular complexity index is 1700. The molecule has 2 amide bonds. The summed E-state index contributed by atoms with van der Waals surface area (Å²) in [5, 5.41) is 18.7. The highest BCUT2D eigenvalue weighted by Crippen LogP contribution is 2.35. The van der Waals surface area contributed by atoms with E-state index in [4.69, 9.17) is 33.3 Å². The Hall–Kier alpha value is -4.21. The Morgan fingerprint density at radius 1 is 1.04 bits per heavy atom. The van der Waals surface area contributed by atoms with E-state index in [1.54, 1.807) is 48.5 Å². The predicted molar refractivity (Wildman–Crippen MR) is 176 cm³/mol. The van der Waals surface area contributed by atoms with Gasteiger partial charge in [-0.1, -0.05) is 85.5 Å². The number of nitriles is 1. The normalized spacial score (nSPS) is 14.4. The molecule has 0 radical (unpaired) electrons. The third kappa shape index (κ3) is 11.7. The second-order valence-electron chi connectivity index (χ2n) is 12.5. The Kier molecular flexibility index (Phi) is 13.6. The van der Waals surface area contributed by atoms with Crippen LogP contribution < -0.4 is 10.6 Å². The zero-order valence-corrected chi connectivity index (χ0v) is 28.6. The average Bonchev–Trinajstić information content (AvgIpc) is 3.82. The van der Waals surface area contributed by atoms with E-state index in [1.807, 2.05) is 27.7 Å². The number of hydrogen-bond donors (Lipinski definition) is 2. The molecule has 1 saturated carbocycles. The predicted octanol–water partition coefficient (Wildman–Crippen LogP) is 8.79. The van der Waals surface area contributed by atoms with Crippen LogP contribution in [0.3, 0.4) is 0 Å². The molecule has 2 unspecified atom stereocenters. The van der Waals surface area contributed by atoms with Crippen LogP contribution in [0.25, 0.3) is 0 Å². The van der Waals surface area contributed by atoms with Crippen molar-refractivity contribution in [2.75, 3.05) is 6.61 Å². The van der Waals surface area contributed by atoms with Gasteiger partial charge in [0.1, 0.15) is 12.5 Å². The van der Waals surface area contributed by atoms with Gasteiger partial charge in [0.05, 0.1) is 29.7 Å². The van der Waals surface area contributed by atoms with Crippen LogP contribution in [0.5, 0.6) is 0 Å². The molecule has 7 nitrogen and oxygen atoms in total. The molecule has 1 aliphatic rings. The van der Waals surface area contributed by atoms with Crippen molar-refractivity contribution < 1.29 is 36.4 Å². The number of halogens is 7. The first kappa shape index (κ1) is 39.2. The van der Waals surface area contributed by atoms with Crippen LogP contribution in [0, 0.1) is 40.2 Å². The van der Waals surface area contributed by atoms with E-state index in [0.717, 1.165) is 18.4 Å². The first-order valence-corrected chi connectivity index (χ1v) is 15.9. The molecule has 0 bridgehead atoms. The number of nitrogens with one attached hydrogen (secondary N) is 2. The maximum atomic E-state index is 14.4. The monoisotopic (exact) mass is 724 g/mol. The van der Waals surface area contributed by atoms with Crippen LogP contribution in [0.15, 0.2) is 65.8 Å². The van der Waals surface area contributed by atoms with Crippen molar-refractivity contribution in [3.63, 3.8) is 0 Å². The fourth-order valence-corrected chi connectivity index (χ4v) is 5.04. The molecular formula is C35H35Cl2F5N4O3. The number of amides is 2. The van der Waals surface area contributed by atoms with Crippen molar-refractivity contribution in [1.82, 2.24) is 10.6 Å². The molecule has 3 aromatic carbocycles. The molecule has 1 fully saturated rings. The zero-order chi connectivity index (χ0) is 36.5. The minimum Gasteiger partial charge on any atom is -0.394 e. The molecular weight excluding hydrogens is 690 g/mol. The number of carbonyl (C=O) groups is 2. The summed E-state index contributed by atoms with van der Waals surface area (Å²) in [4.78, 5) is 29.5. The minimum absolute atomic E-state index is 0.107. The molecule has 4 rings (SSSR count). The van der Waals surface area contributed by atoms with Gasteiger partial charge in [-0.3, -0.25) is 9.59 Å². The summed E-state index contributed by atoms with van der Waals surface area (Å²) in [6, 6.07) is 16.0. The van der Waals surface area contributed by atoms with Gasteiger partial charge in [-0.25, -0.2) is 8.78 Å². The van der Waals surface area contributed by atoms with Crippen LogP contribution in [-0.2, 0) is 27.0 Å². The van der Waals surface area contributed by atoms with Crippen molar-refractivity contribution >= 4 is 40.9 Å². The van der Waals surface area contributed by atoms with E-state index in [0.29, 0.717) is 27.7 Å². The number of benzene rings is 3. The standard InChI is InChI=1S/C20H17F5N2O2.C15H18Cl2N2O/c21-15-9-8-14(20(23,24)25)17(18(15)22)19(27-29-11-13-6-7-13)26-16(28)10-12-4-2-1-3-5-12;1-9(11-6-5-10(16)7-13(11)17)19-14(20)12(8-18)15(2,3)4/h1-5,8-9,13H,6-7,10-11H2,(H,26,27,28);5-7,9,12H,1-4H3,(H,19,20). The number of amidine groups is 1. The van der Waals surface area contributed by atoms with E-state index in [9.17, 15) is 31.5 Å². The lowest BCUT2D eigenvalue weighted by atomic mass is 9.81. The van der Waals surface area contributed by atoms with Crippen LogP contribution in [0.2, 0.25) is 10.0 Å². The summed E-state index contributed by atoms with van der Waals surface area (Å²) in [6.45, 7) is 7.52. The van der Waals surface area contributed by atoms with Crippen molar-refractivity contribution in [2.45, 2.75) is 59.2 Å². The van der Waals surface area contributed by atoms with Crippen LogP contribution >= 0.6 is 23.2 Å². The molecule has 0 saturated heterocycles. The highest BCUT2D eigenvalue weighted by Gasteiger charge is 2.38. The van der Waals surface area contributed by atoms with E-state index in [1.165, 1.54) is 0 Å². The smallest absolute Gasteiger partial charge is 0.394 e. The highest BCUT2D eigenvalue weighted by atomic mass is 35.5. The second kappa shape index (κ2) is 16.9. The third-order valence-electron chi connectivity index (χ3n) is 7.31. The number of oxime groups is 1. The molecule has 0 heterocycles. The summed E-state index contributed by atoms with van der Waals surface area (Å²) >= 11 is 12.0. The first-order chi connectivity index (χ1) is 22.9. The first-order valence-electron chi connectivity index (χ1n) is 15.2. The molecule has 14 heteroatoms. The van der Waals surface area contributed by atoms with Gasteiger partial charge in [-0.05, 0) is 66.5 Å². The maximum absolute atomic E-state index is 14.4. The van der Waals surface area contributed by atoms with Crippen molar-refractivity contribution in [3.8, 4) is 6.07 Å². The molecule has 2 atom stereocenters. The lowest BCUT2D eigenvalue weighted by Gasteiger charge is -2.25. The number of alkyl halides is 3. The second-order valence-corrected chi connectivity index (χ2v) is 13.3. The summed E-state index contributed by atoms with van der Waals surface area (Å²) in [5.41, 5.74) is -1.73. The lowest BCUT2D eigenvalue weighted by molar-refractivity contribution is -0.138. The number of hydrogen-bond acceptors (Lipinski definition) is 5. The largest absolute Gasteiger partial charge is 0.417 e. The van der Waals surface area contributed by atoms with E-state index in [-0.39, 0.29) is 30.9 Å². The molecule has 49 heavy (non-hydrogen) atoms. The Morgan fingerprint density at radius 2 is 1.69 bits per heavy atom. The third-order valence-corrected chi connectivity index (χ3v) is 7.87. The van der Waals surface area contributed by atoms with E-state index < -0.39 is 52.0 Å². The van der Waals surface area contributed by atoms with Crippen LogP contribution in [-0.4, -0.2) is 24.3 Å². The molecule has 0 spiro atoms. The van der Waals surface area contributed by atoms with Gasteiger partial charge in [0.15, 0.2) is 17.5 Å². The summed E-state index contributed by atoms with van der Waals surface area (Å²) in [5.74, 6) is -5.64. The van der Waals surface area contributed by atoms with Crippen molar-refractivity contribution in [1.29, 1.82) is 5.26 Å². The van der Waals surface area contributed by atoms with Crippen molar-refractivity contribution in [2.24, 2.45) is 22.4 Å². The number of carbonyl (C=O) groups excluding carboxylic acids is 2. The van der Waals surface area contributed by atoms with Gasteiger partial charge in [-0.2, -0.15) is 18.4 Å². The summed E-state index contributed by atoms with van der Waals surface area (Å²) < 4.78 is 68.2. The van der Waals surface area contributed by atoms with Crippen LogP contribution in [0.1, 0.15) is 68.8 Å². The number of rotatable bonds is 9. The van der Waals surface area contributed by atoms with Crippen LogP contribution in [0.4, 0.5) is 22.0 Å². The maximum Gasteiger partial charge on any atom is 0.417 e.